The zero-order valence-corrected chi connectivity index (χ0v) is 7.72. The van der Waals surface area contributed by atoms with Crippen molar-refractivity contribution >= 4 is 21.9 Å². The minimum absolute atomic E-state index is 0.236. The van der Waals surface area contributed by atoms with Crippen LogP contribution in [0.4, 0.5) is 0 Å². The van der Waals surface area contributed by atoms with Gasteiger partial charge in [-0.1, -0.05) is 28.1 Å². The third-order valence-electron chi connectivity index (χ3n) is 0.873. The smallest absolute Gasteiger partial charge is 0.323 e. The van der Waals surface area contributed by atoms with Gasteiger partial charge in [-0.2, -0.15) is 0 Å². The Morgan fingerprint density at radius 2 is 2.40 bits per heavy atom. The number of esters is 1. The molecule has 0 aromatic heterocycles. The highest BCUT2D eigenvalue weighted by Crippen LogP contribution is 2.03. The van der Waals surface area contributed by atoms with Gasteiger partial charge >= 0.3 is 5.97 Å². The van der Waals surface area contributed by atoms with Crippen molar-refractivity contribution in [2.24, 2.45) is 0 Å². The number of ether oxygens (including phenoxy) is 1. The fraction of sp³-hybridized carbons (Fsp3) is 0.571. The average Bonchev–Trinajstić information content (AvgIpc) is 1.89. The fourth-order valence-electron chi connectivity index (χ4n) is 0.469. The molecule has 1 unspecified atom stereocenters. The highest BCUT2D eigenvalue weighted by molar-refractivity contribution is 9.10. The molecule has 10 heavy (non-hydrogen) atoms. The molecule has 0 rings (SSSR count). The average molecular weight is 207 g/mol. The minimum Gasteiger partial charge on any atom is -0.465 e. The lowest BCUT2D eigenvalue weighted by Crippen LogP contribution is -2.14. The van der Waals surface area contributed by atoms with Gasteiger partial charge < -0.3 is 4.74 Å². The predicted octanol–water partition coefficient (Wildman–Crippen LogP) is 1.89. The number of rotatable bonds is 3. The Hall–Kier alpha value is -0.310. The van der Waals surface area contributed by atoms with Crippen molar-refractivity contribution in [1.82, 2.24) is 0 Å². The molecule has 0 aliphatic rings. The maximum Gasteiger partial charge on any atom is 0.323 e. The van der Waals surface area contributed by atoms with Crippen molar-refractivity contribution in [2.45, 2.75) is 18.7 Å². The first-order chi connectivity index (χ1) is 4.72. The Morgan fingerprint density at radius 1 is 1.80 bits per heavy atom. The van der Waals surface area contributed by atoms with E-state index in [-0.39, 0.29) is 10.8 Å². The molecule has 0 fully saturated rings. The van der Waals surface area contributed by atoms with Crippen molar-refractivity contribution < 1.29 is 9.53 Å². The predicted molar refractivity (Wildman–Crippen MR) is 44.2 cm³/mol. The van der Waals surface area contributed by atoms with Gasteiger partial charge in [0.05, 0.1) is 6.61 Å². The molecule has 0 aromatic carbocycles. The Kier molecular flexibility index (Phi) is 5.30. The van der Waals surface area contributed by atoms with Crippen molar-refractivity contribution in [1.29, 1.82) is 0 Å². The van der Waals surface area contributed by atoms with E-state index in [4.69, 9.17) is 4.74 Å². The van der Waals surface area contributed by atoms with Crippen LogP contribution in [0.25, 0.3) is 0 Å². The summed E-state index contributed by atoms with van der Waals surface area (Å²) in [5, 5.41) is 0. The van der Waals surface area contributed by atoms with E-state index >= 15 is 0 Å². The molecule has 0 bridgehead atoms. The fourth-order valence-corrected chi connectivity index (χ4v) is 0.907. The molecule has 0 amide bonds. The largest absolute Gasteiger partial charge is 0.465 e. The molecule has 0 spiro atoms. The van der Waals surface area contributed by atoms with E-state index in [0.29, 0.717) is 6.61 Å². The normalized spacial score (nSPS) is 13.5. The first-order valence-corrected chi connectivity index (χ1v) is 4.07. The Labute approximate surface area is 69.4 Å². The highest BCUT2D eigenvalue weighted by Gasteiger charge is 2.10. The van der Waals surface area contributed by atoms with Crippen molar-refractivity contribution in [3.05, 3.63) is 12.2 Å². The molecule has 0 aromatic rings. The summed E-state index contributed by atoms with van der Waals surface area (Å²) in [6, 6.07) is 0. The van der Waals surface area contributed by atoms with Gasteiger partial charge in [-0.25, -0.2) is 0 Å². The minimum atomic E-state index is -0.294. The van der Waals surface area contributed by atoms with Gasteiger partial charge in [0.15, 0.2) is 0 Å². The van der Waals surface area contributed by atoms with Gasteiger partial charge in [-0.05, 0) is 13.8 Å². The van der Waals surface area contributed by atoms with E-state index in [1.165, 1.54) is 0 Å². The number of carbonyl (C=O) groups excluding carboxylic acids is 1. The lowest BCUT2D eigenvalue weighted by atomic mass is 10.4. The molecular formula is C7H11BrO2. The molecule has 0 saturated carbocycles. The summed E-state index contributed by atoms with van der Waals surface area (Å²) in [6.45, 7) is 4.07. The Morgan fingerprint density at radius 3 is 2.80 bits per heavy atom. The van der Waals surface area contributed by atoms with Crippen LogP contribution in [-0.4, -0.2) is 17.4 Å². The molecule has 58 valence electrons. The summed E-state index contributed by atoms with van der Waals surface area (Å²) in [5.41, 5.74) is 0. The van der Waals surface area contributed by atoms with Gasteiger partial charge in [0, 0.05) is 0 Å². The van der Waals surface area contributed by atoms with E-state index < -0.39 is 0 Å². The highest BCUT2D eigenvalue weighted by atomic mass is 79.9. The lowest BCUT2D eigenvalue weighted by Gasteiger charge is -2.02. The molecule has 0 aliphatic heterocycles. The number of hydrogen-bond donors (Lipinski definition) is 0. The van der Waals surface area contributed by atoms with Crippen LogP contribution in [0.2, 0.25) is 0 Å². The van der Waals surface area contributed by atoms with Crippen LogP contribution in [0.1, 0.15) is 13.8 Å². The zero-order chi connectivity index (χ0) is 7.98. The van der Waals surface area contributed by atoms with E-state index in [2.05, 4.69) is 15.9 Å². The lowest BCUT2D eigenvalue weighted by molar-refractivity contribution is -0.141. The van der Waals surface area contributed by atoms with E-state index in [0.717, 1.165) is 0 Å². The SMILES string of the molecule is C/C=C/C(Br)C(=O)OCC. The summed E-state index contributed by atoms with van der Waals surface area (Å²) >= 11 is 3.14. The molecule has 0 radical (unpaired) electrons. The summed E-state index contributed by atoms with van der Waals surface area (Å²) in [5.74, 6) is -0.236. The number of alkyl halides is 1. The second-order valence-electron chi connectivity index (χ2n) is 1.68. The van der Waals surface area contributed by atoms with Gasteiger partial charge in [-0.3, -0.25) is 4.79 Å². The van der Waals surface area contributed by atoms with Crippen LogP contribution in [0, 0.1) is 0 Å². The van der Waals surface area contributed by atoms with Crippen LogP contribution in [0.5, 0.6) is 0 Å². The van der Waals surface area contributed by atoms with Crippen LogP contribution in [0.15, 0.2) is 12.2 Å². The molecule has 3 heteroatoms. The van der Waals surface area contributed by atoms with Crippen LogP contribution in [0.3, 0.4) is 0 Å². The molecule has 1 atom stereocenters. The van der Waals surface area contributed by atoms with Crippen LogP contribution in [-0.2, 0) is 9.53 Å². The summed E-state index contributed by atoms with van der Waals surface area (Å²) in [7, 11) is 0. The van der Waals surface area contributed by atoms with Gasteiger partial charge in [0.1, 0.15) is 4.83 Å². The standard InChI is InChI=1S/C7H11BrO2/c1-3-5-6(8)7(9)10-4-2/h3,5-6H,4H2,1-2H3/b5-3+. The topological polar surface area (TPSA) is 26.3 Å². The first-order valence-electron chi connectivity index (χ1n) is 3.15. The van der Waals surface area contributed by atoms with E-state index in [1.807, 2.05) is 6.92 Å². The molecule has 0 heterocycles. The summed E-state index contributed by atoms with van der Waals surface area (Å²) < 4.78 is 4.72. The Balaban J connectivity index is 3.70. The first kappa shape index (κ1) is 9.69. The number of carbonyl (C=O) groups is 1. The van der Waals surface area contributed by atoms with Crippen LogP contribution < -0.4 is 0 Å². The monoisotopic (exact) mass is 206 g/mol. The maximum absolute atomic E-state index is 10.8. The quantitative estimate of drug-likeness (QED) is 0.401. The van der Waals surface area contributed by atoms with Crippen molar-refractivity contribution in [3.63, 3.8) is 0 Å². The molecule has 0 N–H and O–H groups in total. The zero-order valence-electron chi connectivity index (χ0n) is 6.13. The van der Waals surface area contributed by atoms with Gasteiger partial charge in [-0.15, -0.1) is 0 Å². The number of halogens is 1. The number of hydrogen-bond acceptors (Lipinski definition) is 2. The summed E-state index contributed by atoms with van der Waals surface area (Å²) in [6.07, 6.45) is 3.54. The third kappa shape index (κ3) is 3.67. The van der Waals surface area contributed by atoms with Crippen LogP contribution >= 0.6 is 15.9 Å². The number of allylic oxidation sites excluding steroid dienone is 1. The summed E-state index contributed by atoms with van der Waals surface area (Å²) in [4.78, 5) is 10.5. The molecular weight excluding hydrogens is 196 g/mol. The van der Waals surface area contributed by atoms with Gasteiger partial charge in [0.2, 0.25) is 0 Å². The molecule has 2 nitrogen and oxygen atoms in total. The second kappa shape index (κ2) is 5.47. The molecule has 0 aliphatic carbocycles. The van der Waals surface area contributed by atoms with Crippen molar-refractivity contribution in [2.75, 3.05) is 6.61 Å². The Bertz CT molecular complexity index is 132. The van der Waals surface area contributed by atoms with Gasteiger partial charge in [0.25, 0.3) is 0 Å². The van der Waals surface area contributed by atoms with Crippen molar-refractivity contribution in [3.8, 4) is 0 Å². The second-order valence-corrected chi connectivity index (χ2v) is 2.67. The molecule has 0 saturated heterocycles. The third-order valence-corrected chi connectivity index (χ3v) is 1.55. The van der Waals surface area contributed by atoms with E-state index in [9.17, 15) is 4.79 Å². The maximum atomic E-state index is 10.8. The van der Waals surface area contributed by atoms with E-state index in [1.54, 1.807) is 19.1 Å².